The van der Waals surface area contributed by atoms with Crippen LogP contribution >= 0.6 is 34.4 Å². The van der Waals surface area contributed by atoms with Gasteiger partial charge in [0, 0.05) is 22.1 Å². The zero-order chi connectivity index (χ0) is 28.6. The first kappa shape index (κ1) is 27.4. The largest absolute Gasteiger partial charge is 0.477 e. The van der Waals surface area contributed by atoms with E-state index in [0.717, 1.165) is 26.5 Å². The Kier molecular flexibility index (Phi) is 7.63. The summed E-state index contributed by atoms with van der Waals surface area (Å²) in [5.41, 5.74) is 11.1. The van der Waals surface area contributed by atoms with E-state index >= 15 is 0 Å². The zero-order valence-corrected chi connectivity index (χ0v) is 22.5. The number of amides is 2. The molecular formula is C22H19F2N8O5S3+. The Labute approximate surface area is 235 Å². The van der Waals surface area contributed by atoms with Crippen molar-refractivity contribution in [1.29, 1.82) is 0 Å². The second kappa shape index (κ2) is 11.1. The number of thioether (sulfide) groups is 1. The number of nitrogens with one attached hydrogen (secondary N) is 1. The number of hydrogen-bond acceptors (Lipinski definition) is 12. The average molecular weight is 610 g/mol. The number of oxime groups is 1. The predicted molar refractivity (Wildman–Crippen MR) is 143 cm³/mol. The Balaban J connectivity index is 1.30. The molecule has 3 aromatic rings. The number of nitrogens with zero attached hydrogens (tertiary/aromatic N) is 5. The minimum atomic E-state index is -3.29. The van der Waals surface area contributed by atoms with E-state index in [9.17, 15) is 28.3 Å². The number of carboxylic acids is 1. The molecule has 40 heavy (non-hydrogen) atoms. The summed E-state index contributed by atoms with van der Waals surface area (Å²) in [6, 6.07) is 0.0839. The highest BCUT2D eigenvalue weighted by molar-refractivity contribution is 8.03. The molecule has 13 nitrogen and oxygen atoms in total. The van der Waals surface area contributed by atoms with Gasteiger partial charge >= 0.3 is 12.6 Å². The number of allylic oxidation sites excluding steroid dienone is 2. The summed E-state index contributed by atoms with van der Waals surface area (Å²) in [6.45, 7) is -2.89. The van der Waals surface area contributed by atoms with Gasteiger partial charge in [0.05, 0.1) is 10.7 Å². The van der Waals surface area contributed by atoms with Crippen molar-refractivity contribution in [2.75, 3.05) is 17.2 Å². The van der Waals surface area contributed by atoms with Gasteiger partial charge in [-0.2, -0.15) is 13.3 Å². The summed E-state index contributed by atoms with van der Waals surface area (Å²) in [7, 11) is 0. The maximum atomic E-state index is 13.0. The molecule has 2 atom stereocenters. The van der Waals surface area contributed by atoms with Gasteiger partial charge in [-0.25, -0.2) is 14.8 Å². The smallest absolute Gasteiger partial charge is 0.407 e. The Morgan fingerprint density at radius 3 is 2.85 bits per heavy atom. The molecule has 3 aromatic heterocycles. The highest BCUT2D eigenvalue weighted by atomic mass is 32.2. The lowest BCUT2D eigenvalue weighted by molar-refractivity contribution is -0.685. The standard InChI is InChI=1S/C22H18F2N8O5S3/c23-20(24)37-30-14(10-7-39-21(25)28-10)17(33)29-15-11-8-38-13(16(19(35)36)32(11)18(15)34)2-1-4-31-5-3-12-9(6-31)27-22(26)40-12/h1-3,5-7,11,15,20H,4,8H2,(H5-,25,26,27,28,29,33,35,36)/p+1/t11-,15+/m1/s1. The monoisotopic (exact) mass is 609 g/mol. The number of halogens is 2. The number of aliphatic carboxylic acids is 1. The van der Waals surface area contributed by atoms with E-state index in [4.69, 9.17) is 11.5 Å². The predicted octanol–water partition coefficient (Wildman–Crippen LogP) is 1.14. The Morgan fingerprint density at radius 2 is 2.15 bits per heavy atom. The molecule has 0 aromatic carbocycles. The van der Waals surface area contributed by atoms with Gasteiger partial charge in [-0.15, -0.1) is 23.1 Å². The first-order valence-electron chi connectivity index (χ1n) is 11.3. The Bertz CT molecular complexity index is 1600. The van der Waals surface area contributed by atoms with E-state index in [1.807, 2.05) is 23.0 Å². The molecule has 0 unspecified atom stereocenters. The van der Waals surface area contributed by atoms with Crippen LogP contribution in [0.15, 0.2) is 51.8 Å². The molecule has 1 saturated heterocycles. The van der Waals surface area contributed by atoms with Crippen molar-refractivity contribution in [2.45, 2.75) is 25.2 Å². The number of nitrogen functional groups attached to an aromatic ring is 2. The van der Waals surface area contributed by atoms with Gasteiger partial charge < -0.3 is 26.7 Å². The van der Waals surface area contributed by atoms with Gasteiger partial charge in [-0.05, 0) is 12.2 Å². The van der Waals surface area contributed by atoms with Crippen LogP contribution in [-0.2, 0) is 25.8 Å². The number of carboxylic acid groups (broad SMARTS) is 1. The van der Waals surface area contributed by atoms with Gasteiger partial charge in [0.15, 0.2) is 34.9 Å². The van der Waals surface area contributed by atoms with Crippen LogP contribution in [0.2, 0.25) is 0 Å². The zero-order valence-electron chi connectivity index (χ0n) is 20.1. The van der Waals surface area contributed by atoms with E-state index in [1.54, 1.807) is 12.2 Å². The van der Waals surface area contributed by atoms with Crippen LogP contribution in [0.1, 0.15) is 5.69 Å². The molecule has 2 aliphatic rings. The minimum absolute atomic E-state index is 0.0609. The summed E-state index contributed by atoms with van der Waals surface area (Å²) in [5, 5.41) is 17.3. The van der Waals surface area contributed by atoms with Crippen molar-refractivity contribution in [3.05, 3.63) is 52.3 Å². The first-order valence-corrected chi connectivity index (χ1v) is 14.0. The van der Waals surface area contributed by atoms with Gasteiger partial charge in [-0.3, -0.25) is 14.5 Å². The van der Waals surface area contributed by atoms with Crippen molar-refractivity contribution in [3.8, 4) is 0 Å². The van der Waals surface area contributed by atoms with E-state index < -0.39 is 42.2 Å². The maximum absolute atomic E-state index is 13.0. The number of alkyl halides is 2. The summed E-state index contributed by atoms with van der Waals surface area (Å²) in [5.74, 6) is -2.72. The second-order valence-electron chi connectivity index (χ2n) is 8.28. The fraction of sp³-hybridized carbons (Fsp3) is 0.227. The number of carbonyl (C=O) groups excluding carboxylic acids is 2. The van der Waals surface area contributed by atoms with Crippen molar-refractivity contribution in [2.24, 2.45) is 5.16 Å². The minimum Gasteiger partial charge on any atom is -0.477 e. The Morgan fingerprint density at radius 1 is 1.35 bits per heavy atom. The van der Waals surface area contributed by atoms with Crippen LogP contribution in [0, 0.1) is 0 Å². The van der Waals surface area contributed by atoms with Gasteiger partial charge in [-0.1, -0.05) is 16.5 Å². The number of fused-ring (bicyclic) bond motifs is 2. The average Bonchev–Trinajstić information content (AvgIpc) is 3.50. The molecule has 18 heteroatoms. The highest BCUT2D eigenvalue weighted by Crippen LogP contribution is 2.39. The van der Waals surface area contributed by atoms with Crippen molar-refractivity contribution < 1.29 is 37.7 Å². The number of aromatic nitrogens is 3. The molecule has 6 N–H and O–H groups in total. The van der Waals surface area contributed by atoms with E-state index in [-0.39, 0.29) is 22.3 Å². The molecule has 2 aliphatic heterocycles. The fourth-order valence-corrected chi connectivity index (χ4v) is 6.54. The number of nitrogens with two attached hydrogens (primary N) is 2. The molecule has 0 aliphatic carbocycles. The molecule has 5 heterocycles. The highest BCUT2D eigenvalue weighted by Gasteiger charge is 2.54. The van der Waals surface area contributed by atoms with E-state index in [0.29, 0.717) is 16.6 Å². The summed E-state index contributed by atoms with van der Waals surface area (Å²) in [4.78, 5) is 51.4. The number of anilines is 2. The summed E-state index contributed by atoms with van der Waals surface area (Å²) >= 11 is 3.53. The van der Waals surface area contributed by atoms with Gasteiger partial charge in [0.25, 0.3) is 11.8 Å². The second-order valence-corrected chi connectivity index (χ2v) is 11.3. The number of pyridine rings is 1. The van der Waals surface area contributed by atoms with E-state index in [1.165, 1.54) is 28.5 Å². The lowest BCUT2D eigenvalue weighted by atomic mass is 9.94. The topological polar surface area (TPSA) is 190 Å². The van der Waals surface area contributed by atoms with Crippen molar-refractivity contribution >= 4 is 78.4 Å². The molecule has 0 spiro atoms. The molecule has 0 saturated carbocycles. The number of rotatable bonds is 9. The van der Waals surface area contributed by atoms with Gasteiger partial charge in [0.1, 0.15) is 22.9 Å². The quantitative estimate of drug-likeness (QED) is 0.118. The van der Waals surface area contributed by atoms with Gasteiger partial charge in [0.2, 0.25) is 0 Å². The van der Waals surface area contributed by atoms with Crippen LogP contribution in [0.25, 0.3) is 10.2 Å². The SMILES string of the molecule is Nc1nc(C(=NOC(F)F)C(=O)N[C@@H]2C(=O)N3C(C(=O)O)=C(C=CC[n+]4ccc5sc(N)nc5c4)SC[C@H]23)cs1. The number of hydrogen-bond donors (Lipinski definition) is 4. The third-order valence-corrected chi connectivity index (χ3v) is 8.47. The third kappa shape index (κ3) is 5.45. The molecule has 0 radical (unpaired) electrons. The number of carbonyl (C=O) groups is 3. The normalized spacial score (nSPS) is 19.3. The summed E-state index contributed by atoms with van der Waals surface area (Å²) < 4.78 is 27.9. The van der Waals surface area contributed by atoms with Crippen LogP contribution in [0.4, 0.5) is 19.0 Å². The van der Waals surface area contributed by atoms with E-state index in [2.05, 4.69) is 25.3 Å². The van der Waals surface area contributed by atoms with Crippen LogP contribution in [-0.4, -0.2) is 67.9 Å². The van der Waals surface area contributed by atoms with Crippen molar-refractivity contribution in [3.63, 3.8) is 0 Å². The molecule has 5 rings (SSSR count). The molecule has 1 fully saturated rings. The molecule has 0 bridgehead atoms. The lowest BCUT2D eigenvalue weighted by Crippen LogP contribution is -2.73. The third-order valence-electron chi connectivity index (χ3n) is 5.78. The fourth-order valence-electron chi connectivity index (χ4n) is 4.08. The van der Waals surface area contributed by atoms with Crippen LogP contribution in [0.5, 0.6) is 0 Å². The molecule has 208 valence electrons. The molecule has 2 amide bonds. The molecular weight excluding hydrogens is 590 g/mol. The number of thiazole rings is 2. The number of β-lactam (4-membered cyclic amide) rings is 1. The first-order chi connectivity index (χ1) is 19.1. The van der Waals surface area contributed by atoms with Crippen molar-refractivity contribution in [1.82, 2.24) is 20.2 Å². The van der Waals surface area contributed by atoms with Crippen LogP contribution < -0.4 is 21.4 Å². The van der Waals surface area contributed by atoms with Crippen LogP contribution in [0.3, 0.4) is 0 Å². The maximum Gasteiger partial charge on any atom is 0.407 e. The summed E-state index contributed by atoms with van der Waals surface area (Å²) in [6.07, 6.45) is 7.04. The lowest BCUT2D eigenvalue weighted by Gasteiger charge is -2.49. The Hall–Kier alpha value is -4.16.